The molecule has 1 atom stereocenters. The quantitative estimate of drug-likeness (QED) is 0.108. The number of phenols is 2. The highest BCUT2D eigenvalue weighted by molar-refractivity contribution is 5.90. The SMILES string of the molecule is C=C1OCc2c(cc3n(c2=O)Cc2c-3nc3ccc(OC(=O)N(C)C4CCN(C(=O)CCn5ccc6cc(-n7c(-c8cc(C(C)C)c(O)cc8O)n[nH]c7=O)ccc65)CC4)cc3c2CC)C1(O)CC. The summed E-state index contributed by atoms with van der Waals surface area (Å²) in [7, 11) is 1.72. The Hall–Kier alpha value is -7.66. The summed E-state index contributed by atoms with van der Waals surface area (Å²) in [5.74, 6) is 0.537. The second kappa shape index (κ2) is 17.1. The van der Waals surface area contributed by atoms with E-state index in [1.165, 1.54) is 10.6 Å². The molecule has 3 aliphatic heterocycles. The van der Waals surface area contributed by atoms with Crippen molar-refractivity contribution in [3.63, 3.8) is 0 Å². The normalized spacial score (nSPS) is 16.7. The van der Waals surface area contributed by atoms with Gasteiger partial charge in [0.25, 0.3) is 5.56 Å². The van der Waals surface area contributed by atoms with Crippen molar-refractivity contribution in [1.82, 2.24) is 38.7 Å². The van der Waals surface area contributed by atoms with Crippen LogP contribution in [0.1, 0.15) is 87.1 Å². The molecule has 0 saturated carbocycles. The molecule has 0 spiro atoms. The number of aromatic hydroxyl groups is 2. The van der Waals surface area contributed by atoms with E-state index in [0.717, 1.165) is 27.4 Å². The Morgan fingerprint density at radius 3 is 2.54 bits per heavy atom. The van der Waals surface area contributed by atoms with E-state index < -0.39 is 17.4 Å². The molecular weight excluding hydrogens is 881 g/mol. The van der Waals surface area contributed by atoms with Crippen LogP contribution in [0.4, 0.5) is 4.79 Å². The van der Waals surface area contributed by atoms with Crippen molar-refractivity contribution in [3.05, 3.63) is 128 Å². The van der Waals surface area contributed by atoms with Crippen LogP contribution in [0.25, 0.3) is 50.3 Å². The number of nitrogens with one attached hydrogen (secondary N) is 1. The number of pyridine rings is 2. The van der Waals surface area contributed by atoms with Gasteiger partial charge in [-0.1, -0.05) is 34.3 Å². The second-order valence-corrected chi connectivity index (χ2v) is 18.6. The molecule has 0 bridgehead atoms. The molecular formula is C52H54N8O9. The minimum absolute atomic E-state index is 0.0131. The molecule has 3 aromatic carbocycles. The van der Waals surface area contributed by atoms with Gasteiger partial charge in [-0.05, 0) is 97.3 Å². The number of phenolic OH excluding ortho intramolecular Hbond substituents is 2. The Balaban J connectivity index is 0.772. The number of aliphatic hydroxyl groups is 1. The number of aromatic amines is 1. The highest BCUT2D eigenvalue weighted by Gasteiger charge is 2.42. The van der Waals surface area contributed by atoms with Gasteiger partial charge in [0.05, 0.1) is 40.3 Å². The fourth-order valence-electron chi connectivity index (χ4n) is 10.4. The summed E-state index contributed by atoms with van der Waals surface area (Å²) < 4.78 is 16.7. The van der Waals surface area contributed by atoms with Crippen LogP contribution in [0.5, 0.6) is 17.2 Å². The third-order valence-corrected chi connectivity index (χ3v) is 14.4. The molecule has 1 saturated heterocycles. The number of nitrogens with zero attached hydrogens (tertiary/aromatic N) is 7. The fraction of sp³-hybridized carbons (Fsp3) is 0.346. The lowest BCUT2D eigenvalue weighted by Crippen LogP contribution is -2.48. The maximum atomic E-state index is 13.8. The second-order valence-electron chi connectivity index (χ2n) is 18.6. The number of benzene rings is 3. The summed E-state index contributed by atoms with van der Waals surface area (Å²) in [6.07, 6.45) is 3.81. The fourth-order valence-corrected chi connectivity index (χ4v) is 10.4. The van der Waals surface area contributed by atoms with Crippen molar-refractivity contribution in [2.45, 2.75) is 97.1 Å². The van der Waals surface area contributed by atoms with Gasteiger partial charge in [0.1, 0.15) is 35.2 Å². The molecule has 69 heavy (non-hydrogen) atoms. The monoisotopic (exact) mass is 934 g/mol. The van der Waals surface area contributed by atoms with Gasteiger partial charge in [-0.25, -0.2) is 24.2 Å². The maximum Gasteiger partial charge on any atom is 0.415 e. The molecule has 7 heterocycles. The molecule has 10 rings (SSSR count). The third kappa shape index (κ3) is 7.51. The van der Waals surface area contributed by atoms with Crippen LogP contribution >= 0.6 is 0 Å². The van der Waals surface area contributed by atoms with Gasteiger partial charge in [0, 0.05) is 78.8 Å². The summed E-state index contributed by atoms with van der Waals surface area (Å²) in [6, 6.07) is 17.4. The van der Waals surface area contributed by atoms with Crippen molar-refractivity contribution in [2.75, 3.05) is 20.1 Å². The maximum absolute atomic E-state index is 13.8. The first kappa shape index (κ1) is 45.1. The first-order chi connectivity index (χ1) is 33.1. The number of likely N-dealkylation sites (tertiary alicyclic amines) is 1. The van der Waals surface area contributed by atoms with Crippen molar-refractivity contribution < 1.29 is 34.4 Å². The molecule has 1 unspecified atom stereocenters. The van der Waals surface area contributed by atoms with Gasteiger partial charge >= 0.3 is 11.8 Å². The number of carbonyl (C=O) groups excluding carboxylic acids is 2. The minimum Gasteiger partial charge on any atom is -0.508 e. The van der Waals surface area contributed by atoms with E-state index in [2.05, 4.69) is 16.8 Å². The smallest absolute Gasteiger partial charge is 0.415 e. The topological polar surface area (TPSA) is 210 Å². The highest BCUT2D eigenvalue weighted by atomic mass is 16.6. The number of ether oxygens (including phenoxy) is 2. The van der Waals surface area contributed by atoms with Gasteiger partial charge in [-0.3, -0.25) is 9.59 Å². The predicted molar refractivity (Wildman–Crippen MR) is 259 cm³/mol. The molecule has 4 aromatic heterocycles. The number of piperidine rings is 1. The number of carbonyl (C=O) groups is 2. The lowest BCUT2D eigenvalue weighted by atomic mass is 9.84. The number of aromatic nitrogens is 6. The van der Waals surface area contributed by atoms with Crippen LogP contribution in [0.2, 0.25) is 0 Å². The van der Waals surface area contributed by atoms with Crippen molar-refractivity contribution in [1.29, 1.82) is 0 Å². The minimum atomic E-state index is -1.48. The molecule has 356 valence electrons. The molecule has 7 aromatic rings. The average molecular weight is 935 g/mol. The van der Waals surface area contributed by atoms with E-state index in [9.17, 15) is 34.5 Å². The van der Waals surface area contributed by atoms with E-state index in [0.29, 0.717) is 102 Å². The number of hydrogen-bond acceptors (Lipinski definition) is 11. The van der Waals surface area contributed by atoms with Gasteiger partial charge in [0.2, 0.25) is 5.91 Å². The lowest BCUT2D eigenvalue weighted by molar-refractivity contribution is -0.132. The molecule has 3 aliphatic rings. The van der Waals surface area contributed by atoms with E-state index in [1.807, 2.05) is 79.8 Å². The summed E-state index contributed by atoms with van der Waals surface area (Å²) >= 11 is 0. The first-order valence-electron chi connectivity index (χ1n) is 23.4. The van der Waals surface area contributed by atoms with Gasteiger partial charge in [0.15, 0.2) is 5.82 Å². The number of fused-ring (bicyclic) bond motifs is 6. The zero-order chi connectivity index (χ0) is 48.6. The number of hydrogen-bond donors (Lipinski definition) is 4. The van der Waals surface area contributed by atoms with E-state index >= 15 is 0 Å². The van der Waals surface area contributed by atoms with Gasteiger partial charge in [-0.15, -0.1) is 0 Å². The van der Waals surface area contributed by atoms with Crippen molar-refractivity contribution >= 4 is 33.8 Å². The summed E-state index contributed by atoms with van der Waals surface area (Å²) in [5.41, 5.74) is 5.00. The molecule has 4 N–H and O–H groups in total. The van der Waals surface area contributed by atoms with Crippen molar-refractivity contribution in [2.24, 2.45) is 0 Å². The van der Waals surface area contributed by atoms with Crippen LogP contribution in [0, 0.1) is 0 Å². The first-order valence-corrected chi connectivity index (χ1v) is 23.4. The number of amides is 2. The molecule has 0 aliphatic carbocycles. The Labute approximate surface area is 396 Å². The predicted octanol–water partition coefficient (Wildman–Crippen LogP) is 7.17. The largest absolute Gasteiger partial charge is 0.508 e. The van der Waals surface area contributed by atoms with Gasteiger partial charge < -0.3 is 43.7 Å². The molecule has 2 amide bonds. The van der Waals surface area contributed by atoms with Crippen LogP contribution in [-0.2, 0) is 41.2 Å². The van der Waals surface area contributed by atoms with E-state index in [1.54, 1.807) is 34.7 Å². The van der Waals surface area contributed by atoms with E-state index in [-0.39, 0.29) is 59.5 Å². The number of rotatable bonds is 10. The summed E-state index contributed by atoms with van der Waals surface area (Å²) in [4.78, 5) is 62.4. The Morgan fingerprint density at radius 1 is 1.01 bits per heavy atom. The summed E-state index contributed by atoms with van der Waals surface area (Å²) in [6.45, 7) is 13.4. The Morgan fingerprint density at radius 2 is 1.80 bits per heavy atom. The van der Waals surface area contributed by atoms with Crippen LogP contribution < -0.4 is 16.0 Å². The van der Waals surface area contributed by atoms with Crippen LogP contribution in [-0.4, -0.2) is 92.2 Å². The Bertz CT molecular complexity index is 3390. The lowest BCUT2D eigenvalue weighted by Gasteiger charge is -2.36. The van der Waals surface area contributed by atoms with Gasteiger partial charge in [-0.2, -0.15) is 5.10 Å². The Kier molecular flexibility index (Phi) is 11.2. The molecule has 1 fully saturated rings. The zero-order valence-corrected chi connectivity index (χ0v) is 39.2. The highest BCUT2D eigenvalue weighted by Crippen LogP contribution is 2.43. The average Bonchev–Trinajstić information content (AvgIpc) is 4.05. The zero-order valence-electron chi connectivity index (χ0n) is 39.2. The number of aryl methyl sites for hydroxylation is 2. The molecule has 0 radical (unpaired) electrons. The van der Waals surface area contributed by atoms with E-state index in [4.69, 9.17) is 14.5 Å². The van der Waals surface area contributed by atoms with Crippen molar-refractivity contribution in [3.8, 4) is 45.7 Å². The standard InChI is InChI=1S/C52H54N8O9/c1-7-34-36-22-33(10-11-41(36)53-47-38(34)26-59-43(47)24-40-39(49(59)64)27-68-29(5)52(40,67)8-2)69-51(66)56(6)31-14-18-58(19-15-31)46(63)16-20-57-17-13-30-21-32(9-12-42(30)57)60-48(54-55-50(60)65)37-23-35(28(3)4)44(61)25-45(37)62/h9-13,17,21-25,28,31,61-62,67H,5,7-8,14-16,18-20,26-27H2,1-4,6H3,(H,55,65). The third-order valence-electron chi connectivity index (χ3n) is 14.4. The van der Waals surface area contributed by atoms with Crippen LogP contribution in [0.15, 0.2) is 88.8 Å². The summed E-state index contributed by atoms with van der Waals surface area (Å²) in [5, 5.41) is 41.0. The van der Waals surface area contributed by atoms with Crippen LogP contribution in [0.3, 0.4) is 0 Å². The molecule has 17 heteroatoms. The number of H-pyrrole nitrogens is 1. The molecule has 17 nitrogen and oxygen atoms in total.